The Hall–Kier alpha value is -3.88. The molecule has 1 atom stereocenters. The first-order chi connectivity index (χ1) is 15.1. The van der Waals surface area contributed by atoms with Crippen molar-refractivity contribution in [2.75, 3.05) is 16.8 Å². The molecule has 0 amide bonds. The normalized spacial score (nSPS) is 16.4. The Kier molecular flexibility index (Phi) is 6.11. The standard InChI is InChI=1S/C22H23N7O2/c1-16-7-5-6-14-28(16)22-20(29(30)31)21(23-15-24-22)25-17-10-12-19(13-11-17)27-26-18-8-3-2-4-9-18/h2-4,8-13,15-16H,5-7,14H2,1H3,(H,23,24,25). The van der Waals surface area contributed by atoms with Crippen LogP contribution in [-0.4, -0.2) is 27.5 Å². The van der Waals surface area contributed by atoms with Gasteiger partial charge in [0.1, 0.15) is 6.33 Å². The minimum Gasteiger partial charge on any atom is -0.348 e. The first-order valence-electron chi connectivity index (χ1n) is 10.2. The maximum Gasteiger partial charge on any atom is 0.353 e. The van der Waals surface area contributed by atoms with Gasteiger partial charge in [-0.2, -0.15) is 10.2 Å². The largest absolute Gasteiger partial charge is 0.353 e. The van der Waals surface area contributed by atoms with Crippen molar-refractivity contribution in [1.29, 1.82) is 0 Å². The van der Waals surface area contributed by atoms with Gasteiger partial charge < -0.3 is 10.2 Å². The molecule has 9 nitrogen and oxygen atoms in total. The van der Waals surface area contributed by atoms with Crippen LogP contribution < -0.4 is 10.2 Å². The van der Waals surface area contributed by atoms with E-state index < -0.39 is 4.92 Å². The minimum absolute atomic E-state index is 0.107. The van der Waals surface area contributed by atoms with Gasteiger partial charge in [0, 0.05) is 18.3 Å². The van der Waals surface area contributed by atoms with Crippen LogP contribution in [0.3, 0.4) is 0 Å². The molecular weight excluding hydrogens is 394 g/mol. The topological polar surface area (TPSA) is 109 Å². The van der Waals surface area contributed by atoms with E-state index in [0.717, 1.165) is 31.5 Å². The van der Waals surface area contributed by atoms with Gasteiger partial charge in [-0.25, -0.2) is 9.97 Å². The van der Waals surface area contributed by atoms with E-state index >= 15 is 0 Å². The Morgan fingerprint density at radius 3 is 2.42 bits per heavy atom. The summed E-state index contributed by atoms with van der Waals surface area (Å²) in [5.41, 5.74) is 2.00. The SMILES string of the molecule is CC1CCCCN1c1ncnc(Nc2ccc(N=Nc3ccccc3)cc2)c1[N+](=O)[O-]. The molecule has 0 radical (unpaired) electrons. The number of anilines is 3. The zero-order valence-corrected chi connectivity index (χ0v) is 17.2. The fraction of sp³-hybridized carbons (Fsp3) is 0.273. The van der Waals surface area contributed by atoms with Crippen LogP contribution in [0.25, 0.3) is 0 Å². The molecule has 1 saturated heterocycles. The van der Waals surface area contributed by atoms with Crippen LogP contribution >= 0.6 is 0 Å². The lowest BCUT2D eigenvalue weighted by molar-refractivity contribution is -0.383. The number of nitrogens with one attached hydrogen (secondary N) is 1. The Bertz CT molecular complexity index is 1070. The highest BCUT2D eigenvalue weighted by molar-refractivity contribution is 5.75. The monoisotopic (exact) mass is 417 g/mol. The van der Waals surface area contributed by atoms with E-state index in [0.29, 0.717) is 17.2 Å². The molecule has 0 bridgehead atoms. The van der Waals surface area contributed by atoms with E-state index in [-0.39, 0.29) is 17.5 Å². The third kappa shape index (κ3) is 4.82. The molecule has 1 aliphatic rings. The summed E-state index contributed by atoms with van der Waals surface area (Å²) in [6, 6.07) is 16.8. The third-order valence-electron chi connectivity index (χ3n) is 5.23. The number of azo groups is 1. The highest BCUT2D eigenvalue weighted by atomic mass is 16.6. The van der Waals surface area contributed by atoms with Gasteiger partial charge in [-0.1, -0.05) is 18.2 Å². The number of nitro groups is 1. The second-order valence-corrected chi connectivity index (χ2v) is 7.40. The first kappa shape index (κ1) is 20.4. The number of aromatic nitrogens is 2. The lowest BCUT2D eigenvalue weighted by Gasteiger charge is -2.33. The summed E-state index contributed by atoms with van der Waals surface area (Å²) in [6.45, 7) is 2.82. The molecular formula is C22H23N7O2. The fourth-order valence-corrected chi connectivity index (χ4v) is 3.61. The summed E-state index contributed by atoms with van der Waals surface area (Å²) in [5.74, 6) is 0.536. The van der Waals surface area contributed by atoms with Crippen molar-refractivity contribution < 1.29 is 4.92 Å². The van der Waals surface area contributed by atoms with Gasteiger partial charge in [0.2, 0.25) is 11.6 Å². The van der Waals surface area contributed by atoms with Crippen molar-refractivity contribution in [3.63, 3.8) is 0 Å². The lowest BCUT2D eigenvalue weighted by Crippen LogP contribution is -2.38. The van der Waals surface area contributed by atoms with Crippen molar-refractivity contribution in [2.24, 2.45) is 10.2 Å². The molecule has 0 aliphatic carbocycles. The molecule has 2 heterocycles. The maximum atomic E-state index is 11.9. The summed E-state index contributed by atoms with van der Waals surface area (Å²) in [6.07, 6.45) is 4.47. The second-order valence-electron chi connectivity index (χ2n) is 7.40. The molecule has 1 N–H and O–H groups in total. The summed E-state index contributed by atoms with van der Waals surface area (Å²) >= 11 is 0. The quantitative estimate of drug-likeness (QED) is 0.303. The van der Waals surface area contributed by atoms with Crippen LogP contribution in [0.5, 0.6) is 0 Å². The maximum absolute atomic E-state index is 11.9. The number of piperidine rings is 1. The highest BCUT2D eigenvalue weighted by Gasteiger charge is 2.30. The Morgan fingerprint density at radius 1 is 1.03 bits per heavy atom. The number of hydrogen-bond acceptors (Lipinski definition) is 8. The Morgan fingerprint density at radius 2 is 1.74 bits per heavy atom. The molecule has 1 fully saturated rings. The summed E-state index contributed by atoms with van der Waals surface area (Å²) in [4.78, 5) is 21.9. The van der Waals surface area contributed by atoms with Crippen molar-refractivity contribution >= 4 is 34.4 Å². The van der Waals surface area contributed by atoms with Gasteiger partial charge in [-0.05, 0) is 62.6 Å². The van der Waals surface area contributed by atoms with E-state index in [1.807, 2.05) is 35.2 Å². The van der Waals surface area contributed by atoms with E-state index in [1.165, 1.54) is 6.33 Å². The summed E-state index contributed by atoms with van der Waals surface area (Å²) < 4.78 is 0. The van der Waals surface area contributed by atoms with Gasteiger partial charge in [0.15, 0.2) is 0 Å². The van der Waals surface area contributed by atoms with Gasteiger partial charge in [0.25, 0.3) is 0 Å². The lowest BCUT2D eigenvalue weighted by atomic mass is 10.0. The van der Waals surface area contributed by atoms with Crippen LogP contribution in [0.2, 0.25) is 0 Å². The molecule has 1 aliphatic heterocycles. The van der Waals surface area contributed by atoms with Gasteiger partial charge in [-0.3, -0.25) is 10.1 Å². The summed E-state index contributed by atoms with van der Waals surface area (Å²) in [7, 11) is 0. The highest BCUT2D eigenvalue weighted by Crippen LogP contribution is 2.36. The molecule has 31 heavy (non-hydrogen) atoms. The smallest absolute Gasteiger partial charge is 0.348 e. The van der Waals surface area contributed by atoms with Crippen molar-refractivity contribution in [1.82, 2.24) is 9.97 Å². The van der Waals surface area contributed by atoms with Gasteiger partial charge in [0.05, 0.1) is 16.3 Å². The first-order valence-corrected chi connectivity index (χ1v) is 10.2. The molecule has 0 spiro atoms. The molecule has 9 heteroatoms. The zero-order chi connectivity index (χ0) is 21.6. The fourth-order valence-electron chi connectivity index (χ4n) is 3.61. The average Bonchev–Trinajstić information content (AvgIpc) is 2.79. The number of rotatable bonds is 6. The summed E-state index contributed by atoms with van der Waals surface area (Å²) in [5, 5.41) is 23.3. The van der Waals surface area contributed by atoms with Crippen molar-refractivity contribution in [3.8, 4) is 0 Å². The van der Waals surface area contributed by atoms with Crippen LogP contribution in [0, 0.1) is 10.1 Å². The van der Waals surface area contributed by atoms with E-state index in [4.69, 9.17) is 0 Å². The zero-order valence-electron chi connectivity index (χ0n) is 17.2. The average molecular weight is 417 g/mol. The number of benzene rings is 2. The molecule has 4 rings (SSSR count). The van der Waals surface area contributed by atoms with E-state index in [2.05, 4.69) is 32.4 Å². The van der Waals surface area contributed by atoms with Crippen molar-refractivity contribution in [3.05, 3.63) is 71.0 Å². The number of hydrogen-bond donors (Lipinski definition) is 1. The minimum atomic E-state index is -0.415. The molecule has 2 aromatic carbocycles. The molecule has 3 aromatic rings. The van der Waals surface area contributed by atoms with Gasteiger partial charge >= 0.3 is 5.69 Å². The van der Waals surface area contributed by atoms with Crippen molar-refractivity contribution in [2.45, 2.75) is 32.2 Å². The number of nitrogens with zero attached hydrogens (tertiary/aromatic N) is 6. The molecule has 158 valence electrons. The Labute approximate surface area is 180 Å². The predicted octanol–water partition coefficient (Wildman–Crippen LogP) is 5.92. The van der Waals surface area contributed by atoms with Crippen LogP contribution in [-0.2, 0) is 0 Å². The molecule has 1 aromatic heterocycles. The van der Waals surface area contributed by atoms with Crippen LogP contribution in [0.4, 0.5) is 34.4 Å². The molecule has 0 saturated carbocycles. The Balaban J connectivity index is 1.55. The van der Waals surface area contributed by atoms with Gasteiger partial charge in [-0.15, -0.1) is 0 Å². The van der Waals surface area contributed by atoms with Crippen LogP contribution in [0.1, 0.15) is 26.2 Å². The third-order valence-corrected chi connectivity index (χ3v) is 5.23. The van der Waals surface area contributed by atoms with E-state index in [1.54, 1.807) is 24.3 Å². The van der Waals surface area contributed by atoms with E-state index in [9.17, 15) is 10.1 Å². The molecule has 1 unspecified atom stereocenters. The predicted molar refractivity (Wildman–Crippen MR) is 120 cm³/mol. The second kappa shape index (κ2) is 9.29. The van der Waals surface area contributed by atoms with Crippen LogP contribution in [0.15, 0.2) is 71.2 Å².